The molecule has 0 spiro atoms. The van der Waals surface area contributed by atoms with Gasteiger partial charge in [0, 0.05) is 72.1 Å². The largest absolute Gasteiger partial charge is 0.507 e. The van der Waals surface area contributed by atoms with E-state index in [2.05, 4.69) is 20.7 Å². The fourth-order valence-corrected chi connectivity index (χ4v) is 9.28. The molecule has 0 saturated carbocycles. The molecule has 12 heteroatoms. The van der Waals surface area contributed by atoms with Crippen molar-refractivity contribution in [1.29, 1.82) is 0 Å². The van der Waals surface area contributed by atoms with Crippen molar-refractivity contribution in [3.05, 3.63) is 50.9 Å². The van der Waals surface area contributed by atoms with Gasteiger partial charge in [0.1, 0.15) is 18.4 Å². The van der Waals surface area contributed by atoms with Gasteiger partial charge in [-0.3, -0.25) is 14.5 Å². The van der Waals surface area contributed by atoms with E-state index in [9.17, 15) is 15.0 Å². The monoisotopic (exact) mass is 806 g/mol. The van der Waals surface area contributed by atoms with Gasteiger partial charge in [-0.1, -0.05) is 13.0 Å². The third-order valence-corrected chi connectivity index (χ3v) is 11.2. The molecule has 2 aromatic rings. The number of methoxy groups -OCH3 is 1. The first-order valence-electron chi connectivity index (χ1n) is 13.9. The molecule has 1 unspecified atom stereocenters. The van der Waals surface area contributed by atoms with Gasteiger partial charge in [-0.2, -0.15) is 11.8 Å². The molecule has 1 radical (unpaired) electrons. The Hall–Kier alpha value is -1.89. The van der Waals surface area contributed by atoms with Gasteiger partial charge in [-0.15, -0.1) is 0 Å². The van der Waals surface area contributed by atoms with Crippen LogP contribution in [0.25, 0.3) is 4.85 Å². The SMILES string of the molecule is [Ac].[C-]#[N+][C@H]1[C@H]2Cc3cc(C)c(OC)c(O)c3[C@H](C3[C@@H]4SC[C@H](C)C(=O)OC[C@H](c5c6c(c(C)c(O)c54)OCO6)N31)N2C. The van der Waals surface area contributed by atoms with E-state index < -0.39 is 12.2 Å². The Bertz CT molecular complexity index is 1530. The van der Waals surface area contributed by atoms with Crippen LogP contribution in [0.5, 0.6) is 28.7 Å². The van der Waals surface area contributed by atoms with Crippen molar-refractivity contribution in [2.24, 2.45) is 5.92 Å². The van der Waals surface area contributed by atoms with Crippen molar-refractivity contribution in [3.63, 3.8) is 0 Å². The van der Waals surface area contributed by atoms with Crippen LogP contribution in [0, 0.1) is 70.4 Å². The molecule has 0 amide bonds. The summed E-state index contributed by atoms with van der Waals surface area (Å²) in [5.41, 5.74) is 4.69. The van der Waals surface area contributed by atoms with Crippen LogP contribution in [0.2, 0.25) is 0 Å². The average Bonchev–Trinajstić information content (AvgIpc) is 3.44. The molecule has 219 valence electrons. The molecular weight excluding hydrogens is 773 g/mol. The summed E-state index contributed by atoms with van der Waals surface area (Å²) in [5, 5.41) is 23.1. The van der Waals surface area contributed by atoms with Gasteiger partial charge in [0.25, 0.3) is 6.17 Å². The third kappa shape index (κ3) is 4.03. The number of fused-ring (bicyclic) bond motifs is 9. The number of phenols is 2. The average molecular weight is 807 g/mol. The first-order chi connectivity index (χ1) is 19.7. The van der Waals surface area contributed by atoms with E-state index in [0.717, 1.165) is 27.8 Å². The number of cyclic esters (lactones) is 1. The number of rotatable bonds is 1. The van der Waals surface area contributed by atoms with Crippen LogP contribution in [0.4, 0.5) is 0 Å². The van der Waals surface area contributed by atoms with Crippen LogP contribution in [0.3, 0.4) is 0 Å². The van der Waals surface area contributed by atoms with Crippen LogP contribution in [-0.4, -0.2) is 77.5 Å². The maximum atomic E-state index is 13.0. The van der Waals surface area contributed by atoms with Crippen molar-refractivity contribution in [2.45, 2.75) is 62.8 Å². The number of hydrogen-bond donors (Lipinski definition) is 2. The summed E-state index contributed by atoms with van der Waals surface area (Å²) in [6.07, 6.45) is -0.000568. The molecule has 7 rings (SSSR count). The molecule has 2 saturated heterocycles. The topological polar surface area (TPSA) is 105 Å². The summed E-state index contributed by atoms with van der Waals surface area (Å²) in [6, 6.07) is 0.673. The Balaban J connectivity index is 0.00000316. The molecule has 10 nitrogen and oxygen atoms in total. The summed E-state index contributed by atoms with van der Waals surface area (Å²) in [7, 11) is 3.58. The van der Waals surface area contributed by atoms with E-state index in [1.54, 1.807) is 18.9 Å². The van der Waals surface area contributed by atoms with Gasteiger partial charge in [0.05, 0.1) is 36.4 Å². The van der Waals surface area contributed by atoms with Crippen LogP contribution in [-0.2, 0) is 16.0 Å². The van der Waals surface area contributed by atoms with Gasteiger partial charge in [0.15, 0.2) is 23.0 Å². The molecule has 42 heavy (non-hydrogen) atoms. The Morgan fingerprint density at radius 3 is 2.57 bits per heavy atom. The number of piperazine rings is 1. The molecule has 0 aliphatic carbocycles. The number of carbonyl (C=O) groups is 1. The van der Waals surface area contributed by atoms with Gasteiger partial charge >= 0.3 is 5.97 Å². The summed E-state index contributed by atoms with van der Waals surface area (Å²) >= 11 is 1.58. The number of likely N-dealkylation sites (N-methyl/N-ethyl adjacent to an activating group) is 1. The zero-order valence-electron chi connectivity index (χ0n) is 24.2. The Labute approximate surface area is 285 Å². The zero-order valence-corrected chi connectivity index (χ0v) is 29.8. The maximum absolute atomic E-state index is 13.0. The second-order valence-corrected chi connectivity index (χ2v) is 12.9. The van der Waals surface area contributed by atoms with Gasteiger partial charge in [-0.05, 0) is 38.4 Å². The van der Waals surface area contributed by atoms with E-state index in [0.29, 0.717) is 35.0 Å². The fraction of sp³-hybridized carbons (Fsp3) is 0.533. The van der Waals surface area contributed by atoms with E-state index in [1.165, 1.54) is 0 Å². The van der Waals surface area contributed by atoms with Crippen LogP contribution in [0.1, 0.15) is 57.6 Å². The Kier molecular flexibility index (Phi) is 7.84. The number of thioether (sulfide) groups is 1. The van der Waals surface area contributed by atoms with Gasteiger partial charge in [0.2, 0.25) is 6.79 Å². The smallest absolute Gasteiger partial charge is 0.309 e. The zero-order chi connectivity index (χ0) is 28.9. The minimum Gasteiger partial charge on any atom is -0.507 e. The number of hydrogen-bond acceptors (Lipinski definition) is 10. The van der Waals surface area contributed by atoms with Crippen molar-refractivity contribution >= 4 is 17.7 Å². The summed E-state index contributed by atoms with van der Waals surface area (Å²) in [6.45, 7) is 14.1. The number of carbonyl (C=O) groups excluding carboxylic acids is 1. The summed E-state index contributed by atoms with van der Waals surface area (Å²) < 4.78 is 23.4. The molecule has 5 aliphatic heterocycles. The van der Waals surface area contributed by atoms with Crippen molar-refractivity contribution < 1.29 is 78.0 Å². The predicted molar refractivity (Wildman–Crippen MR) is 150 cm³/mol. The van der Waals surface area contributed by atoms with Gasteiger partial charge < -0.3 is 29.2 Å². The molecule has 5 aliphatic rings. The van der Waals surface area contributed by atoms with E-state index in [4.69, 9.17) is 25.5 Å². The van der Waals surface area contributed by atoms with Crippen LogP contribution >= 0.6 is 11.8 Å². The predicted octanol–water partition coefficient (Wildman–Crippen LogP) is 4.00. The van der Waals surface area contributed by atoms with Crippen LogP contribution in [0.15, 0.2) is 6.07 Å². The number of ether oxygens (including phenoxy) is 4. The standard InChI is InChI=1S/C30H33N3O7S.Ac/c1-12-7-15-8-16-29(31-4)33-17-9-38-30(36)13(2)10-41-28(20-19(17)27-26(39-11-40-27)14(3)23(20)34)22(33)21(32(16)5)18(15)24(35)25(12)37-6;/h7,13,16-17,21-22,28-29,34-35H,8-11H2,1-3,5-6H3;/t13-,16+,17+,21+,22?,28+,29+;/m0./s1. The molecule has 0 aromatic heterocycles. The number of aromatic hydroxyl groups is 2. The normalized spacial score (nSPS) is 31.1. The number of esters is 1. The van der Waals surface area contributed by atoms with E-state index in [-0.39, 0.29) is 104 Å². The molecular formula is C30H33AcN3O7S. The molecule has 2 N–H and O–H groups in total. The first-order valence-corrected chi connectivity index (χ1v) is 14.9. The van der Waals surface area contributed by atoms with Crippen molar-refractivity contribution in [3.8, 4) is 28.7 Å². The second kappa shape index (κ2) is 10.9. The molecule has 7 atom stereocenters. The summed E-state index contributed by atoms with van der Waals surface area (Å²) in [5.74, 6) is 1.55. The van der Waals surface area contributed by atoms with E-state index >= 15 is 0 Å². The molecule has 5 heterocycles. The molecule has 2 aromatic carbocycles. The third-order valence-electron chi connectivity index (χ3n) is 9.60. The number of aryl methyl sites for hydroxylation is 1. The minimum atomic E-state index is -0.572. The van der Waals surface area contributed by atoms with Gasteiger partial charge in [-0.25, -0.2) is 11.5 Å². The Morgan fingerprint density at radius 1 is 1.12 bits per heavy atom. The van der Waals surface area contributed by atoms with Crippen LogP contribution < -0.4 is 14.2 Å². The van der Waals surface area contributed by atoms with Crippen molar-refractivity contribution in [2.75, 3.05) is 33.3 Å². The minimum absolute atomic E-state index is 0. The van der Waals surface area contributed by atoms with Crippen molar-refractivity contribution in [1.82, 2.24) is 9.80 Å². The second-order valence-electron chi connectivity index (χ2n) is 11.7. The molecule has 4 bridgehead atoms. The number of benzene rings is 2. The molecule has 2 fully saturated rings. The Morgan fingerprint density at radius 2 is 1.86 bits per heavy atom. The first kappa shape index (κ1) is 30.2. The summed E-state index contributed by atoms with van der Waals surface area (Å²) in [4.78, 5) is 21.6. The number of phenolic OH excluding ortho intramolecular Hbond substituents is 2. The maximum Gasteiger partial charge on any atom is 0.309 e. The number of nitrogens with zero attached hydrogens (tertiary/aromatic N) is 3. The fourth-order valence-electron chi connectivity index (χ4n) is 7.76. The van der Waals surface area contributed by atoms with E-state index in [1.807, 2.05) is 27.8 Å². The quantitative estimate of drug-likeness (QED) is 0.325.